The highest BCUT2D eigenvalue weighted by Crippen LogP contribution is 2.70. The fourth-order valence-electron chi connectivity index (χ4n) is 12.0. The third-order valence-corrected chi connectivity index (χ3v) is 21.2. The van der Waals surface area contributed by atoms with Crippen molar-refractivity contribution in [1.82, 2.24) is 0 Å². The zero-order chi connectivity index (χ0) is 39.1. The summed E-state index contributed by atoms with van der Waals surface area (Å²) in [6.45, 7) is 16.4. The maximum absolute atomic E-state index is 15.0. The van der Waals surface area contributed by atoms with Crippen molar-refractivity contribution in [2.45, 2.75) is 97.6 Å². The number of carbonyl (C=O) groups excluding carboxylic acids is 1. The molecule has 3 fully saturated rings. The minimum absolute atomic E-state index is 0.0215. The van der Waals surface area contributed by atoms with Gasteiger partial charge < -0.3 is 18.9 Å². The average Bonchev–Trinajstić information content (AvgIpc) is 3.52. The summed E-state index contributed by atoms with van der Waals surface area (Å²) in [4.78, 5) is 15.0. The number of rotatable bonds is 11. The van der Waals surface area contributed by atoms with Gasteiger partial charge >= 0.3 is 0 Å². The lowest BCUT2D eigenvalue weighted by Gasteiger charge is -2.66. The normalized spacial score (nSPS) is 30.8. The number of thiocarbonyl (C=S) groups is 2. The second-order valence-electron chi connectivity index (χ2n) is 17.7. The Morgan fingerprint density at radius 3 is 2.31 bits per heavy atom. The third-order valence-electron chi connectivity index (χ3n) is 14.6. The van der Waals surface area contributed by atoms with E-state index in [4.69, 9.17) is 43.4 Å². The minimum Gasteiger partial charge on any atom is -0.497 e. The predicted molar refractivity (Wildman–Crippen MR) is 237 cm³/mol. The SMILES string of the molecule is COc1ccc(COC[C@@H](C)[C@H]2CCC3=C4C(=O)C[C@@H]5C(C)(C)[C@@H]([Si](C)(C)c6ccccc6)C[C@H](OC(=S)SC)[C@]5(COC(=S)SC)[C@H]4CC[C@@]32C)cc1. The number of Topliss-reactive ketones (excluding diaryl/α,β-unsaturated/α-hetero) is 1. The Labute approximate surface area is 344 Å². The van der Waals surface area contributed by atoms with Crippen molar-refractivity contribution in [2.75, 3.05) is 32.8 Å². The number of thioether (sulfide) groups is 2. The van der Waals surface area contributed by atoms with E-state index in [1.807, 2.05) is 24.6 Å². The van der Waals surface area contributed by atoms with Gasteiger partial charge in [-0.2, -0.15) is 0 Å². The first-order chi connectivity index (χ1) is 25.6. The molecule has 0 spiro atoms. The van der Waals surface area contributed by atoms with E-state index in [0.29, 0.717) is 58.2 Å². The topological polar surface area (TPSA) is 54.0 Å². The first kappa shape index (κ1) is 41.9. The molecule has 0 bridgehead atoms. The lowest BCUT2D eigenvalue weighted by atomic mass is 9.42. The monoisotopic (exact) mass is 824 g/mol. The minimum atomic E-state index is -2.08. The smallest absolute Gasteiger partial charge is 0.219 e. The summed E-state index contributed by atoms with van der Waals surface area (Å²) in [6, 6.07) is 19.2. The molecule has 54 heavy (non-hydrogen) atoms. The second kappa shape index (κ2) is 16.7. The molecule has 0 aliphatic heterocycles. The van der Waals surface area contributed by atoms with Gasteiger partial charge in [0.05, 0.1) is 33.8 Å². The number of allylic oxidation sites excluding steroid dienone is 2. The number of benzene rings is 2. The van der Waals surface area contributed by atoms with Crippen LogP contribution in [0.1, 0.15) is 71.8 Å². The molecular weight excluding hydrogens is 765 g/mol. The Hall–Kier alpha value is -1.69. The standard InChI is InChI=1S/C44H60O5S4Si/c1-28(25-47-26-29-15-17-30(46-5)18-16-29)32-19-20-33-39-34(21-22-43(32,33)4)44(27-48-40(50)52-6)36(23-35(39)45)42(2,3)38(24-37(44)49-41(51)53-7)54(8,9)31-13-11-10-12-14-31/h10-18,28,32,34,36-38H,19-27H2,1-9H3/t28-,32-,34+,36-,37+,38+,43-,44-/m1/s1. The fraction of sp³-hybridized carbons (Fsp3) is 0.614. The molecule has 0 heterocycles. The average molecular weight is 825 g/mol. The summed E-state index contributed by atoms with van der Waals surface area (Å²) in [6.07, 6.45) is 9.16. The predicted octanol–water partition coefficient (Wildman–Crippen LogP) is 10.7. The molecule has 0 unspecified atom stereocenters. The molecule has 4 aliphatic rings. The van der Waals surface area contributed by atoms with Crippen molar-refractivity contribution in [3.8, 4) is 5.75 Å². The van der Waals surface area contributed by atoms with Gasteiger partial charge in [-0.15, -0.1) is 0 Å². The first-order valence-electron chi connectivity index (χ1n) is 19.6. The van der Waals surface area contributed by atoms with Crippen LogP contribution in [0.3, 0.4) is 0 Å². The Morgan fingerprint density at radius 1 is 0.981 bits per heavy atom. The van der Waals surface area contributed by atoms with Gasteiger partial charge in [0.25, 0.3) is 0 Å². The van der Waals surface area contributed by atoms with Crippen LogP contribution >= 0.6 is 48.0 Å². The van der Waals surface area contributed by atoms with Crippen LogP contribution in [0.15, 0.2) is 65.7 Å². The van der Waals surface area contributed by atoms with E-state index in [1.54, 1.807) is 7.11 Å². The number of ether oxygens (including phenoxy) is 4. The highest BCUT2D eigenvalue weighted by Gasteiger charge is 2.69. The molecule has 0 N–H and O–H groups in total. The molecular formula is C44H60O5S4Si. The Morgan fingerprint density at radius 2 is 1.67 bits per heavy atom. The Bertz CT molecular complexity index is 1730. The van der Waals surface area contributed by atoms with E-state index < -0.39 is 13.5 Å². The largest absolute Gasteiger partial charge is 0.497 e. The summed E-state index contributed by atoms with van der Waals surface area (Å²) < 4.78 is 26.5. The first-order valence-corrected chi connectivity index (χ1v) is 26.0. The van der Waals surface area contributed by atoms with Crippen LogP contribution < -0.4 is 9.92 Å². The molecule has 0 amide bonds. The molecule has 0 radical (unpaired) electrons. The molecule has 0 aromatic heterocycles. The molecule has 10 heteroatoms. The van der Waals surface area contributed by atoms with E-state index in [1.165, 1.54) is 34.3 Å². The van der Waals surface area contributed by atoms with Gasteiger partial charge in [-0.25, -0.2) is 0 Å². The van der Waals surface area contributed by atoms with Crippen molar-refractivity contribution < 1.29 is 23.7 Å². The van der Waals surface area contributed by atoms with E-state index >= 15 is 4.79 Å². The van der Waals surface area contributed by atoms with Gasteiger partial charge in [-0.1, -0.05) is 118 Å². The van der Waals surface area contributed by atoms with E-state index in [-0.39, 0.29) is 28.8 Å². The molecule has 3 saturated carbocycles. The van der Waals surface area contributed by atoms with Crippen LogP contribution in [0.2, 0.25) is 18.6 Å². The summed E-state index contributed by atoms with van der Waals surface area (Å²) in [7, 11) is -0.389. The van der Waals surface area contributed by atoms with Crippen LogP contribution in [0.4, 0.5) is 0 Å². The van der Waals surface area contributed by atoms with Gasteiger partial charge in [0.2, 0.25) is 8.77 Å². The van der Waals surface area contributed by atoms with Gasteiger partial charge in [0, 0.05) is 18.9 Å². The van der Waals surface area contributed by atoms with E-state index in [9.17, 15) is 0 Å². The van der Waals surface area contributed by atoms with Crippen LogP contribution in [-0.2, 0) is 25.6 Å². The number of hydrogen-bond donors (Lipinski definition) is 0. The molecule has 0 saturated heterocycles. The van der Waals surface area contributed by atoms with Crippen molar-refractivity contribution in [1.29, 1.82) is 0 Å². The molecule has 6 rings (SSSR count). The lowest BCUT2D eigenvalue weighted by molar-refractivity contribution is -0.170. The molecule has 4 aliphatic carbocycles. The van der Waals surface area contributed by atoms with Crippen LogP contribution in [-0.4, -0.2) is 61.6 Å². The third kappa shape index (κ3) is 7.55. The Balaban J connectivity index is 1.38. The number of methoxy groups -OCH3 is 1. The summed E-state index contributed by atoms with van der Waals surface area (Å²) in [5.41, 5.74) is 3.33. The quantitative estimate of drug-likeness (QED) is 0.163. The highest BCUT2D eigenvalue weighted by molar-refractivity contribution is 8.22. The van der Waals surface area contributed by atoms with E-state index in [2.05, 4.69) is 83.3 Å². The van der Waals surface area contributed by atoms with Crippen molar-refractivity contribution >= 4 is 75.8 Å². The molecule has 294 valence electrons. The summed E-state index contributed by atoms with van der Waals surface area (Å²) >= 11 is 14.6. The maximum atomic E-state index is 15.0. The summed E-state index contributed by atoms with van der Waals surface area (Å²) in [5.74, 6) is 2.07. The van der Waals surface area contributed by atoms with Gasteiger partial charge in [-0.05, 0) is 126 Å². The lowest BCUT2D eigenvalue weighted by Crippen LogP contribution is -2.68. The fourth-order valence-corrected chi connectivity index (χ4v) is 16.9. The number of carbonyl (C=O) groups is 1. The highest BCUT2D eigenvalue weighted by atomic mass is 32.2. The molecule has 2 aromatic rings. The number of hydrogen-bond acceptors (Lipinski definition) is 9. The number of fused-ring (bicyclic) bond motifs is 4. The Kier molecular flexibility index (Phi) is 12.9. The molecule has 8 atom stereocenters. The zero-order valence-corrected chi connectivity index (χ0v) is 38.0. The maximum Gasteiger partial charge on any atom is 0.219 e. The van der Waals surface area contributed by atoms with Crippen molar-refractivity contribution in [3.05, 3.63) is 71.3 Å². The van der Waals surface area contributed by atoms with Crippen molar-refractivity contribution in [3.63, 3.8) is 0 Å². The van der Waals surface area contributed by atoms with Crippen LogP contribution in [0.25, 0.3) is 0 Å². The van der Waals surface area contributed by atoms with Crippen LogP contribution in [0.5, 0.6) is 5.75 Å². The molecule has 2 aromatic carbocycles. The van der Waals surface area contributed by atoms with Crippen molar-refractivity contribution in [2.24, 2.45) is 39.9 Å². The summed E-state index contributed by atoms with van der Waals surface area (Å²) in [5, 5.41) is 1.44. The van der Waals surface area contributed by atoms with Gasteiger partial charge in [0.1, 0.15) is 11.9 Å². The molecule has 5 nitrogen and oxygen atoms in total. The second-order valence-corrected chi connectivity index (χ2v) is 25.2. The zero-order valence-electron chi connectivity index (χ0n) is 33.7. The van der Waals surface area contributed by atoms with Gasteiger partial charge in [-0.3, -0.25) is 4.79 Å². The van der Waals surface area contributed by atoms with E-state index in [0.717, 1.165) is 49.0 Å². The van der Waals surface area contributed by atoms with Gasteiger partial charge in [0.15, 0.2) is 5.78 Å². The number of ketones is 1. The van der Waals surface area contributed by atoms with Crippen LogP contribution in [0, 0.1) is 39.9 Å².